The molecule has 0 saturated heterocycles. The molecular formula is C17H17NO2. The van der Waals surface area contributed by atoms with Gasteiger partial charge in [-0.2, -0.15) is 0 Å². The van der Waals surface area contributed by atoms with Crippen LogP contribution in [-0.4, -0.2) is 16.6 Å². The quantitative estimate of drug-likeness (QED) is 0.615. The lowest BCUT2D eigenvalue weighted by atomic mass is 9.96. The number of nitrogens with zero attached hydrogens (tertiary/aromatic N) is 1. The van der Waals surface area contributed by atoms with Gasteiger partial charge in [0.1, 0.15) is 0 Å². The zero-order valence-corrected chi connectivity index (χ0v) is 11.7. The number of ketones is 1. The minimum atomic E-state index is -0.344. The predicted molar refractivity (Wildman–Crippen MR) is 79.0 cm³/mol. The van der Waals surface area contributed by atoms with Gasteiger partial charge in [0.2, 0.25) is 0 Å². The Bertz CT molecular complexity index is 650. The highest BCUT2D eigenvalue weighted by Crippen LogP contribution is 2.27. The largest absolute Gasteiger partial charge is 0.334 e. The number of carbonyl (C=O) groups excluding carboxylic acids is 2. The van der Waals surface area contributed by atoms with Gasteiger partial charge in [-0.1, -0.05) is 36.4 Å². The first-order chi connectivity index (χ1) is 9.54. The molecule has 0 fully saturated rings. The van der Waals surface area contributed by atoms with Gasteiger partial charge in [0, 0.05) is 11.8 Å². The van der Waals surface area contributed by atoms with Crippen LogP contribution >= 0.6 is 0 Å². The molecule has 2 aromatic rings. The van der Waals surface area contributed by atoms with Crippen molar-refractivity contribution in [1.29, 1.82) is 0 Å². The minimum absolute atomic E-state index is 0.0823. The summed E-state index contributed by atoms with van der Waals surface area (Å²) in [4.78, 5) is 22.9. The summed E-state index contributed by atoms with van der Waals surface area (Å²) >= 11 is 0. The minimum Gasteiger partial charge on any atom is -0.334 e. The summed E-state index contributed by atoms with van der Waals surface area (Å²) in [6.07, 6.45) is 2.58. The lowest BCUT2D eigenvalue weighted by Crippen LogP contribution is -2.18. The lowest BCUT2D eigenvalue weighted by molar-refractivity contribution is -0.113. The van der Waals surface area contributed by atoms with Gasteiger partial charge in [0.25, 0.3) is 0 Å². The van der Waals surface area contributed by atoms with Gasteiger partial charge in [0.15, 0.2) is 12.1 Å². The van der Waals surface area contributed by atoms with Crippen LogP contribution in [0, 0.1) is 6.92 Å². The van der Waals surface area contributed by atoms with Crippen LogP contribution in [-0.2, 0) is 4.79 Å². The van der Waals surface area contributed by atoms with Crippen molar-refractivity contribution in [2.24, 2.45) is 0 Å². The number of hydrogen-bond acceptors (Lipinski definition) is 2. The summed E-state index contributed by atoms with van der Waals surface area (Å²) in [6, 6.07) is 11.1. The van der Waals surface area contributed by atoms with Gasteiger partial charge >= 0.3 is 0 Å². The zero-order chi connectivity index (χ0) is 14.7. The summed E-state index contributed by atoms with van der Waals surface area (Å²) < 4.78 is 1.78. The first-order valence-corrected chi connectivity index (χ1v) is 6.43. The Hall–Kier alpha value is -2.42. The van der Waals surface area contributed by atoms with Gasteiger partial charge in [0.05, 0.1) is 11.7 Å². The number of aryl methyl sites for hydroxylation is 1. The second kappa shape index (κ2) is 5.70. The van der Waals surface area contributed by atoms with Gasteiger partial charge in [-0.25, -0.2) is 0 Å². The predicted octanol–water partition coefficient (Wildman–Crippen LogP) is 3.34. The summed E-state index contributed by atoms with van der Waals surface area (Å²) in [7, 11) is 0. The number of carbonyl (C=O) groups is 2. The molecule has 0 aliphatic carbocycles. The highest BCUT2D eigenvalue weighted by Gasteiger charge is 2.21. The molecule has 3 heteroatoms. The molecular weight excluding hydrogens is 250 g/mol. The van der Waals surface area contributed by atoms with Crippen LogP contribution < -0.4 is 0 Å². The summed E-state index contributed by atoms with van der Waals surface area (Å²) in [5.74, 6) is -0.0823. The highest BCUT2D eigenvalue weighted by molar-refractivity contribution is 5.94. The van der Waals surface area contributed by atoms with E-state index < -0.39 is 0 Å². The van der Waals surface area contributed by atoms with Crippen molar-refractivity contribution < 1.29 is 9.59 Å². The van der Waals surface area contributed by atoms with E-state index >= 15 is 0 Å². The van der Waals surface area contributed by atoms with Crippen molar-refractivity contribution in [3.63, 3.8) is 0 Å². The SMILES string of the molecule is C=C(C(C)=O)C(c1ccc(C)cc1)n1cccc1C=O. The van der Waals surface area contributed by atoms with E-state index in [1.165, 1.54) is 6.92 Å². The molecule has 20 heavy (non-hydrogen) atoms. The van der Waals surface area contributed by atoms with Crippen molar-refractivity contribution in [2.45, 2.75) is 19.9 Å². The van der Waals surface area contributed by atoms with E-state index in [9.17, 15) is 9.59 Å². The molecule has 0 radical (unpaired) electrons. The molecule has 1 unspecified atom stereocenters. The Morgan fingerprint density at radius 2 is 1.90 bits per heavy atom. The topological polar surface area (TPSA) is 39.1 Å². The highest BCUT2D eigenvalue weighted by atomic mass is 16.1. The Kier molecular flexibility index (Phi) is 3.99. The molecule has 1 aromatic carbocycles. The number of aldehydes is 1. The van der Waals surface area contributed by atoms with Crippen molar-refractivity contribution in [1.82, 2.24) is 4.57 Å². The van der Waals surface area contributed by atoms with Crippen molar-refractivity contribution >= 4 is 12.1 Å². The third-order valence-corrected chi connectivity index (χ3v) is 3.39. The van der Waals surface area contributed by atoms with Crippen molar-refractivity contribution in [3.8, 4) is 0 Å². The number of Topliss-reactive ketones (excluding diaryl/α,β-unsaturated/α-hetero) is 1. The van der Waals surface area contributed by atoms with Crippen LogP contribution in [0.1, 0.15) is 34.6 Å². The Balaban J connectivity index is 2.56. The third kappa shape index (κ3) is 2.62. The van der Waals surface area contributed by atoms with Crippen molar-refractivity contribution in [2.75, 3.05) is 0 Å². The Morgan fingerprint density at radius 3 is 2.45 bits per heavy atom. The maximum absolute atomic E-state index is 11.7. The van der Waals surface area contributed by atoms with E-state index in [0.29, 0.717) is 11.3 Å². The molecule has 2 rings (SSSR count). The molecule has 0 spiro atoms. The molecule has 1 heterocycles. The molecule has 0 bridgehead atoms. The summed E-state index contributed by atoms with van der Waals surface area (Å²) in [5.41, 5.74) is 3.07. The summed E-state index contributed by atoms with van der Waals surface area (Å²) in [6.45, 7) is 7.40. The van der Waals surface area contributed by atoms with Crippen LogP contribution in [0.3, 0.4) is 0 Å². The van der Waals surface area contributed by atoms with Crippen LogP contribution in [0.25, 0.3) is 0 Å². The number of benzene rings is 1. The van der Waals surface area contributed by atoms with Gasteiger partial charge < -0.3 is 4.57 Å². The second-order valence-corrected chi connectivity index (χ2v) is 4.85. The number of hydrogen-bond donors (Lipinski definition) is 0. The van der Waals surface area contributed by atoms with Crippen LogP contribution in [0.5, 0.6) is 0 Å². The smallest absolute Gasteiger partial charge is 0.166 e. The first kappa shape index (κ1) is 14.0. The van der Waals surface area contributed by atoms with E-state index in [4.69, 9.17) is 0 Å². The maximum atomic E-state index is 11.7. The Morgan fingerprint density at radius 1 is 1.25 bits per heavy atom. The number of rotatable bonds is 5. The first-order valence-electron chi connectivity index (χ1n) is 6.43. The van der Waals surface area contributed by atoms with Crippen LogP contribution in [0.4, 0.5) is 0 Å². The standard InChI is InChI=1S/C17H17NO2/c1-12-6-8-15(9-7-12)17(13(2)14(3)20)18-10-4-5-16(18)11-19/h4-11,17H,2H2,1,3H3. The van der Waals surface area contributed by atoms with E-state index in [1.54, 1.807) is 22.9 Å². The molecule has 3 nitrogen and oxygen atoms in total. The number of aromatic nitrogens is 1. The fourth-order valence-electron chi connectivity index (χ4n) is 2.21. The average Bonchev–Trinajstić information content (AvgIpc) is 2.89. The van der Waals surface area contributed by atoms with Crippen molar-refractivity contribution in [3.05, 3.63) is 71.6 Å². The fourth-order valence-corrected chi connectivity index (χ4v) is 2.21. The van der Waals surface area contributed by atoms with Gasteiger partial charge in [-0.15, -0.1) is 0 Å². The van der Waals surface area contributed by atoms with E-state index in [-0.39, 0.29) is 11.8 Å². The van der Waals surface area contributed by atoms with E-state index in [2.05, 4.69) is 6.58 Å². The average molecular weight is 267 g/mol. The molecule has 0 N–H and O–H groups in total. The molecule has 1 aromatic heterocycles. The fraction of sp³-hybridized carbons (Fsp3) is 0.176. The zero-order valence-electron chi connectivity index (χ0n) is 11.7. The lowest BCUT2D eigenvalue weighted by Gasteiger charge is -2.22. The van der Waals surface area contributed by atoms with Crippen LogP contribution in [0.2, 0.25) is 0 Å². The normalized spacial score (nSPS) is 11.9. The van der Waals surface area contributed by atoms with Gasteiger partial charge in [-0.05, 0) is 31.5 Å². The second-order valence-electron chi connectivity index (χ2n) is 4.85. The van der Waals surface area contributed by atoms with Gasteiger partial charge in [-0.3, -0.25) is 9.59 Å². The Labute approximate surface area is 118 Å². The molecule has 1 atom stereocenters. The monoisotopic (exact) mass is 267 g/mol. The van der Waals surface area contributed by atoms with E-state index in [1.807, 2.05) is 31.2 Å². The number of allylic oxidation sites excluding steroid dienone is 1. The molecule has 0 saturated carbocycles. The third-order valence-electron chi connectivity index (χ3n) is 3.39. The molecule has 0 amide bonds. The molecule has 102 valence electrons. The van der Waals surface area contributed by atoms with Crippen LogP contribution in [0.15, 0.2) is 54.7 Å². The molecule has 0 aliphatic rings. The summed E-state index contributed by atoms with van der Waals surface area (Å²) in [5, 5.41) is 0. The van der Waals surface area contributed by atoms with E-state index in [0.717, 1.165) is 17.4 Å². The maximum Gasteiger partial charge on any atom is 0.166 e. The molecule has 0 aliphatic heterocycles.